The predicted octanol–water partition coefficient (Wildman–Crippen LogP) is 0.655. The lowest BCUT2D eigenvalue weighted by Crippen LogP contribution is -2.46. The van der Waals surface area contributed by atoms with Crippen molar-refractivity contribution in [3.8, 4) is 5.75 Å². The minimum Gasteiger partial charge on any atom is -0.497 e. The maximum atomic E-state index is 13.0. The van der Waals surface area contributed by atoms with Crippen molar-refractivity contribution in [1.82, 2.24) is 9.62 Å². The standard InChI is InChI=1S/C16H24N2O5S/c1-12-6-7-13(23-2)11-15(12)24(21,22)18-9-3-5-14(18)16(20)17-8-4-10-19/h6-7,11,14,19H,3-5,8-10H2,1-2H3,(H,17,20)/t14-/m1/s1. The van der Waals surface area contributed by atoms with Crippen molar-refractivity contribution in [3.05, 3.63) is 23.8 Å². The Morgan fingerprint density at radius 3 is 2.88 bits per heavy atom. The van der Waals surface area contributed by atoms with Crippen LogP contribution in [0, 0.1) is 6.92 Å². The number of hydrogen-bond donors (Lipinski definition) is 2. The monoisotopic (exact) mass is 356 g/mol. The zero-order valence-corrected chi connectivity index (χ0v) is 14.8. The highest BCUT2D eigenvalue weighted by molar-refractivity contribution is 7.89. The number of carbonyl (C=O) groups is 1. The van der Waals surface area contributed by atoms with E-state index in [2.05, 4.69) is 5.32 Å². The second-order valence-corrected chi connectivity index (χ2v) is 7.63. The van der Waals surface area contributed by atoms with E-state index in [0.717, 1.165) is 0 Å². The molecule has 134 valence electrons. The predicted molar refractivity (Wildman–Crippen MR) is 89.4 cm³/mol. The molecule has 1 aliphatic rings. The largest absolute Gasteiger partial charge is 0.497 e. The van der Waals surface area contributed by atoms with Gasteiger partial charge in [0.15, 0.2) is 0 Å². The van der Waals surface area contributed by atoms with E-state index in [4.69, 9.17) is 9.84 Å². The molecule has 1 aliphatic heterocycles. The molecule has 0 unspecified atom stereocenters. The first-order chi connectivity index (χ1) is 11.4. The summed E-state index contributed by atoms with van der Waals surface area (Å²) in [6.07, 6.45) is 1.58. The molecule has 2 N–H and O–H groups in total. The van der Waals surface area contributed by atoms with Crippen molar-refractivity contribution in [1.29, 1.82) is 0 Å². The van der Waals surface area contributed by atoms with E-state index in [1.54, 1.807) is 19.1 Å². The molecule has 0 spiro atoms. The van der Waals surface area contributed by atoms with Crippen molar-refractivity contribution in [3.63, 3.8) is 0 Å². The molecule has 24 heavy (non-hydrogen) atoms. The average molecular weight is 356 g/mol. The number of carbonyl (C=O) groups excluding carboxylic acids is 1. The molecule has 1 fully saturated rings. The molecule has 7 nitrogen and oxygen atoms in total. The van der Waals surface area contributed by atoms with E-state index in [1.807, 2.05) is 0 Å². The number of rotatable bonds is 7. The SMILES string of the molecule is COc1ccc(C)c(S(=O)(=O)N2CCC[C@@H]2C(=O)NCCCO)c1. The van der Waals surface area contributed by atoms with E-state index in [0.29, 0.717) is 43.7 Å². The fourth-order valence-corrected chi connectivity index (χ4v) is 4.71. The minimum absolute atomic E-state index is 0.0179. The quantitative estimate of drug-likeness (QED) is 0.700. The molecule has 1 saturated heterocycles. The molecule has 0 radical (unpaired) electrons. The molecule has 0 bridgehead atoms. The number of methoxy groups -OCH3 is 1. The van der Waals surface area contributed by atoms with E-state index in [9.17, 15) is 13.2 Å². The van der Waals surface area contributed by atoms with E-state index >= 15 is 0 Å². The van der Waals surface area contributed by atoms with Gasteiger partial charge in [0.05, 0.1) is 12.0 Å². The van der Waals surface area contributed by atoms with Crippen LogP contribution < -0.4 is 10.1 Å². The van der Waals surface area contributed by atoms with Crippen LogP contribution in [0.5, 0.6) is 5.75 Å². The molecular weight excluding hydrogens is 332 g/mol. The Labute approximate surface area is 142 Å². The van der Waals surface area contributed by atoms with Gasteiger partial charge in [-0.15, -0.1) is 0 Å². The molecule has 1 atom stereocenters. The Balaban J connectivity index is 2.26. The third-order valence-electron chi connectivity index (χ3n) is 4.12. The summed E-state index contributed by atoms with van der Waals surface area (Å²) in [5, 5.41) is 11.5. The van der Waals surface area contributed by atoms with Gasteiger partial charge in [0, 0.05) is 25.8 Å². The summed E-state index contributed by atoms with van der Waals surface area (Å²) < 4.78 is 32.4. The molecule has 8 heteroatoms. The molecule has 1 aromatic carbocycles. The fourth-order valence-electron chi connectivity index (χ4n) is 2.81. The Morgan fingerprint density at radius 1 is 1.46 bits per heavy atom. The van der Waals surface area contributed by atoms with Crippen LogP contribution in [-0.2, 0) is 14.8 Å². The van der Waals surface area contributed by atoms with Crippen LogP contribution in [0.1, 0.15) is 24.8 Å². The van der Waals surface area contributed by atoms with Gasteiger partial charge in [-0.05, 0) is 37.8 Å². The van der Waals surface area contributed by atoms with Crippen LogP contribution in [-0.4, -0.2) is 56.6 Å². The summed E-state index contributed by atoms with van der Waals surface area (Å²) in [7, 11) is -2.30. The number of sulfonamides is 1. The Morgan fingerprint density at radius 2 is 2.21 bits per heavy atom. The number of aliphatic hydroxyl groups excluding tert-OH is 1. The van der Waals surface area contributed by atoms with E-state index in [1.165, 1.54) is 17.5 Å². The Bertz CT molecular complexity index is 690. The number of hydrogen-bond acceptors (Lipinski definition) is 5. The maximum Gasteiger partial charge on any atom is 0.244 e. The molecule has 1 amide bonds. The maximum absolute atomic E-state index is 13.0. The molecule has 0 aromatic heterocycles. The van der Waals surface area contributed by atoms with Crippen LogP contribution in [0.2, 0.25) is 0 Å². The van der Waals surface area contributed by atoms with Gasteiger partial charge in [-0.25, -0.2) is 8.42 Å². The van der Waals surface area contributed by atoms with Crippen LogP contribution in [0.4, 0.5) is 0 Å². The molecule has 1 aromatic rings. The average Bonchev–Trinajstić information content (AvgIpc) is 3.06. The van der Waals surface area contributed by atoms with Crippen LogP contribution in [0.25, 0.3) is 0 Å². The molecular formula is C16H24N2O5S. The number of aliphatic hydroxyl groups is 1. The van der Waals surface area contributed by atoms with Crippen LogP contribution >= 0.6 is 0 Å². The first kappa shape index (κ1) is 18.7. The Kier molecular flexibility index (Phi) is 6.20. The number of ether oxygens (including phenoxy) is 1. The van der Waals surface area contributed by atoms with Crippen LogP contribution in [0.15, 0.2) is 23.1 Å². The van der Waals surface area contributed by atoms with Crippen molar-refractivity contribution >= 4 is 15.9 Å². The second kappa shape index (κ2) is 7.96. The summed E-state index contributed by atoms with van der Waals surface area (Å²) in [4.78, 5) is 12.5. The summed E-state index contributed by atoms with van der Waals surface area (Å²) in [5.74, 6) is 0.146. The first-order valence-corrected chi connectivity index (χ1v) is 9.41. The zero-order chi connectivity index (χ0) is 17.7. The van der Waals surface area contributed by atoms with Gasteiger partial charge in [-0.1, -0.05) is 6.07 Å². The van der Waals surface area contributed by atoms with Crippen molar-refractivity contribution < 1.29 is 23.1 Å². The number of nitrogens with one attached hydrogen (secondary N) is 1. The minimum atomic E-state index is -3.78. The summed E-state index contributed by atoms with van der Waals surface area (Å²) in [6.45, 7) is 2.35. The number of benzene rings is 1. The summed E-state index contributed by atoms with van der Waals surface area (Å²) in [6, 6.07) is 4.18. The topological polar surface area (TPSA) is 95.9 Å². The molecule has 2 rings (SSSR count). The number of nitrogens with zero attached hydrogens (tertiary/aromatic N) is 1. The van der Waals surface area contributed by atoms with Crippen molar-refractivity contribution in [2.45, 2.75) is 37.1 Å². The van der Waals surface area contributed by atoms with Gasteiger partial charge in [0.2, 0.25) is 15.9 Å². The van der Waals surface area contributed by atoms with Gasteiger partial charge < -0.3 is 15.2 Å². The van der Waals surface area contributed by atoms with Crippen LogP contribution in [0.3, 0.4) is 0 Å². The summed E-state index contributed by atoms with van der Waals surface area (Å²) >= 11 is 0. The molecule has 0 aliphatic carbocycles. The van der Waals surface area contributed by atoms with Gasteiger partial charge in [0.1, 0.15) is 11.8 Å². The van der Waals surface area contributed by atoms with Gasteiger partial charge in [0.25, 0.3) is 0 Å². The smallest absolute Gasteiger partial charge is 0.244 e. The lowest BCUT2D eigenvalue weighted by atomic mass is 10.2. The third kappa shape index (κ3) is 3.88. The third-order valence-corrected chi connectivity index (χ3v) is 6.17. The van der Waals surface area contributed by atoms with Gasteiger partial charge >= 0.3 is 0 Å². The normalized spacial score (nSPS) is 18.5. The van der Waals surface area contributed by atoms with Crippen molar-refractivity contribution in [2.24, 2.45) is 0 Å². The second-order valence-electron chi connectivity index (χ2n) is 5.77. The number of amides is 1. The van der Waals surface area contributed by atoms with Gasteiger partial charge in [-0.3, -0.25) is 4.79 Å². The Hall–Kier alpha value is -1.64. The highest BCUT2D eigenvalue weighted by atomic mass is 32.2. The van der Waals surface area contributed by atoms with E-state index < -0.39 is 16.1 Å². The van der Waals surface area contributed by atoms with Crippen molar-refractivity contribution in [2.75, 3.05) is 26.8 Å². The summed E-state index contributed by atoms with van der Waals surface area (Å²) in [5.41, 5.74) is 0.613. The van der Waals surface area contributed by atoms with E-state index in [-0.39, 0.29) is 17.4 Å². The first-order valence-electron chi connectivity index (χ1n) is 7.97. The lowest BCUT2D eigenvalue weighted by Gasteiger charge is -2.24. The molecule has 1 heterocycles. The highest BCUT2D eigenvalue weighted by Crippen LogP contribution is 2.30. The fraction of sp³-hybridized carbons (Fsp3) is 0.562. The number of aryl methyl sites for hydroxylation is 1. The highest BCUT2D eigenvalue weighted by Gasteiger charge is 2.39. The molecule has 0 saturated carbocycles. The lowest BCUT2D eigenvalue weighted by molar-refractivity contribution is -0.124. The zero-order valence-electron chi connectivity index (χ0n) is 14.0. The van der Waals surface area contributed by atoms with Gasteiger partial charge in [-0.2, -0.15) is 4.31 Å².